The largest absolute Gasteiger partial charge is 0.306 e. The van der Waals surface area contributed by atoms with Crippen molar-refractivity contribution in [3.8, 4) is 0 Å². The SMILES string of the molecule is CN1CCC(N(c2ccccc2)S(=O)(=O)c2ccsc2)CC1. The highest BCUT2D eigenvalue weighted by Gasteiger charge is 2.33. The van der Waals surface area contributed by atoms with Gasteiger partial charge in [-0.3, -0.25) is 4.31 Å². The summed E-state index contributed by atoms with van der Waals surface area (Å²) in [5.74, 6) is 0. The van der Waals surface area contributed by atoms with Crippen molar-refractivity contribution in [3.05, 3.63) is 47.2 Å². The number of likely N-dealkylation sites (tertiary alicyclic amines) is 1. The molecule has 0 radical (unpaired) electrons. The number of thiophene rings is 1. The number of para-hydroxylation sites is 1. The summed E-state index contributed by atoms with van der Waals surface area (Å²) in [7, 11) is -1.42. The lowest BCUT2D eigenvalue weighted by molar-refractivity contribution is 0.257. The van der Waals surface area contributed by atoms with E-state index in [0.29, 0.717) is 4.90 Å². The van der Waals surface area contributed by atoms with E-state index in [1.165, 1.54) is 11.3 Å². The molecule has 118 valence electrons. The Morgan fingerprint density at radius 1 is 1.14 bits per heavy atom. The standard InChI is InChI=1S/C16H20N2O2S2/c1-17-10-7-15(8-11-17)18(14-5-3-2-4-6-14)22(19,20)16-9-12-21-13-16/h2-6,9,12-13,15H,7-8,10-11H2,1H3. The first-order valence-corrected chi connectivity index (χ1v) is 9.77. The van der Waals surface area contributed by atoms with Crippen LogP contribution < -0.4 is 4.31 Å². The lowest BCUT2D eigenvalue weighted by Crippen LogP contribution is -2.46. The summed E-state index contributed by atoms with van der Waals surface area (Å²) in [4.78, 5) is 2.64. The van der Waals surface area contributed by atoms with E-state index in [1.807, 2.05) is 35.7 Å². The Morgan fingerprint density at radius 2 is 1.82 bits per heavy atom. The average molecular weight is 336 g/mol. The summed E-state index contributed by atoms with van der Waals surface area (Å²) in [6.07, 6.45) is 1.71. The Morgan fingerprint density at radius 3 is 2.41 bits per heavy atom. The van der Waals surface area contributed by atoms with Crippen molar-refractivity contribution in [2.24, 2.45) is 0 Å². The fourth-order valence-electron chi connectivity index (χ4n) is 2.86. The Bertz CT molecular complexity index is 691. The molecule has 4 nitrogen and oxygen atoms in total. The van der Waals surface area contributed by atoms with Gasteiger partial charge in [-0.2, -0.15) is 11.3 Å². The molecule has 2 aromatic rings. The van der Waals surface area contributed by atoms with Crippen molar-refractivity contribution in [1.29, 1.82) is 0 Å². The molecule has 1 fully saturated rings. The number of anilines is 1. The highest BCUT2D eigenvalue weighted by Crippen LogP contribution is 2.30. The monoisotopic (exact) mass is 336 g/mol. The van der Waals surface area contributed by atoms with Crippen LogP contribution in [0.3, 0.4) is 0 Å². The third kappa shape index (κ3) is 3.04. The van der Waals surface area contributed by atoms with E-state index in [2.05, 4.69) is 11.9 Å². The van der Waals surface area contributed by atoms with Gasteiger partial charge in [-0.15, -0.1) is 0 Å². The van der Waals surface area contributed by atoms with Crippen LogP contribution >= 0.6 is 11.3 Å². The van der Waals surface area contributed by atoms with E-state index < -0.39 is 10.0 Å². The molecule has 0 aliphatic carbocycles. The van der Waals surface area contributed by atoms with Crippen molar-refractivity contribution >= 4 is 27.0 Å². The van der Waals surface area contributed by atoms with Gasteiger partial charge in [0.15, 0.2) is 0 Å². The molecule has 1 saturated heterocycles. The summed E-state index contributed by atoms with van der Waals surface area (Å²) in [5, 5.41) is 3.52. The van der Waals surface area contributed by atoms with Crippen molar-refractivity contribution < 1.29 is 8.42 Å². The van der Waals surface area contributed by atoms with E-state index in [9.17, 15) is 8.42 Å². The van der Waals surface area contributed by atoms with Crippen molar-refractivity contribution in [3.63, 3.8) is 0 Å². The first-order valence-electron chi connectivity index (χ1n) is 7.39. The van der Waals surface area contributed by atoms with Gasteiger partial charge >= 0.3 is 0 Å². The molecule has 22 heavy (non-hydrogen) atoms. The third-order valence-corrected chi connectivity index (χ3v) is 6.79. The molecule has 1 aromatic carbocycles. The number of sulfonamides is 1. The molecule has 0 bridgehead atoms. The molecule has 1 aliphatic rings. The Kier molecular flexibility index (Phi) is 4.52. The highest BCUT2D eigenvalue weighted by molar-refractivity contribution is 7.93. The van der Waals surface area contributed by atoms with E-state index in [0.717, 1.165) is 31.6 Å². The normalized spacial score (nSPS) is 17.5. The quantitative estimate of drug-likeness (QED) is 0.862. The maximum absolute atomic E-state index is 13.1. The molecule has 0 N–H and O–H groups in total. The molecule has 2 heterocycles. The zero-order chi connectivity index (χ0) is 15.6. The summed E-state index contributed by atoms with van der Waals surface area (Å²) in [6, 6.07) is 11.1. The Balaban J connectivity index is 2.00. The van der Waals surface area contributed by atoms with E-state index >= 15 is 0 Å². The van der Waals surface area contributed by atoms with Crippen molar-refractivity contribution in [1.82, 2.24) is 4.90 Å². The van der Waals surface area contributed by atoms with Crippen molar-refractivity contribution in [2.45, 2.75) is 23.8 Å². The zero-order valence-corrected chi connectivity index (χ0v) is 14.2. The molecule has 0 amide bonds. The molecule has 0 unspecified atom stereocenters. The van der Waals surface area contributed by atoms with Crippen LogP contribution in [0.25, 0.3) is 0 Å². The smallest absolute Gasteiger partial charge is 0.265 e. The maximum atomic E-state index is 13.1. The fourth-order valence-corrected chi connectivity index (χ4v) is 5.59. The molecule has 3 rings (SSSR count). The number of nitrogens with zero attached hydrogens (tertiary/aromatic N) is 2. The second-order valence-corrected chi connectivity index (χ2v) is 8.22. The molecule has 6 heteroatoms. The van der Waals surface area contributed by atoms with Crippen LogP contribution in [0.4, 0.5) is 5.69 Å². The van der Waals surface area contributed by atoms with Crippen LogP contribution in [-0.4, -0.2) is 39.5 Å². The number of benzene rings is 1. The number of piperidine rings is 1. The first-order chi connectivity index (χ1) is 10.6. The fraction of sp³-hybridized carbons (Fsp3) is 0.375. The molecular weight excluding hydrogens is 316 g/mol. The molecule has 1 aliphatic heterocycles. The van der Waals surface area contributed by atoms with Crippen LogP contribution in [0.2, 0.25) is 0 Å². The average Bonchev–Trinajstić information content (AvgIpc) is 3.06. The number of hydrogen-bond donors (Lipinski definition) is 0. The molecule has 0 spiro atoms. The topological polar surface area (TPSA) is 40.6 Å². The van der Waals surface area contributed by atoms with Gasteiger partial charge in [0.2, 0.25) is 0 Å². The van der Waals surface area contributed by atoms with Gasteiger partial charge in [-0.1, -0.05) is 18.2 Å². The summed E-state index contributed by atoms with van der Waals surface area (Å²) >= 11 is 1.41. The van der Waals surface area contributed by atoms with E-state index in [4.69, 9.17) is 0 Å². The van der Waals surface area contributed by atoms with Crippen LogP contribution in [-0.2, 0) is 10.0 Å². The van der Waals surface area contributed by atoms with Gasteiger partial charge in [0.1, 0.15) is 0 Å². The molecule has 1 aromatic heterocycles. The van der Waals surface area contributed by atoms with Gasteiger partial charge < -0.3 is 4.90 Å². The lowest BCUT2D eigenvalue weighted by atomic mass is 10.1. The van der Waals surface area contributed by atoms with Crippen LogP contribution in [0.15, 0.2) is 52.1 Å². The Hall–Kier alpha value is -1.37. The zero-order valence-electron chi connectivity index (χ0n) is 12.6. The predicted molar refractivity (Wildman–Crippen MR) is 90.9 cm³/mol. The number of hydrogen-bond acceptors (Lipinski definition) is 4. The van der Waals surface area contributed by atoms with Gasteiger partial charge in [0, 0.05) is 11.4 Å². The van der Waals surface area contributed by atoms with Gasteiger partial charge in [0.25, 0.3) is 10.0 Å². The van der Waals surface area contributed by atoms with Crippen LogP contribution in [0.1, 0.15) is 12.8 Å². The van der Waals surface area contributed by atoms with E-state index in [1.54, 1.807) is 15.8 Å². The van der Waals surface area contributed by atoms with Gasteiger partial charge in [-0.05, 0) is 56.6 Å². The first kappa shape index (κ1) is 15.5. The maximum Gasteiger partial charge on any atom is 0.265 e. The van der Waals surface area contributed by atoms with E-state index in [-0.39, 0.29) is 6.04 Å². The minimum atomic E-state index is -3.50. The van der Waals surface area contributed by atoms with Crippen molar-refractivity contribution in [2.75, 3.05) is 24.4 Å². The molecule has 0 saturated carbocycles. The lowest BCUT2D eigenvalue weighted by Gasteiger charge is -2.37. The summed E-state index contributed by atoms with van der Waals surface area (Å²) in [6.45, 7) is 1.85. The second kappa shape index (κ2) is 6.40. The van der Waals surface area contributed by atoms with Crippen LogP contribution in [0, 0.1) is 0 Å². The third-order valence-electron chi connectivity index (χ3n) is 4.08. The minimum Gasteiger partial charge on any atom is -0.306 e. The Labute approximate surface area is 136 Å². The summed E-state index contributed by atoms with van der Waals surface area (Å²) in [5.41, 5.74) is 0.753. The highest BCUT2D eigenvalue weighted by atomic mass is 32.2. The summed E-state index contributed by atoms with van der Waals surface area (Å²) < 4.78 is 27.8. The van der Waals surface area contributed by atoms with Gasteiger partial charge in [-0.25, -0.2) is 8.42 Å². The molecular formula is C16H20N2O2S2. The predicted octanol–water partition coefficient (Wildman–Crippen LogP) is 3.04. The molecule has 0 atom stereocenters. The minimum absolute atomic E-state index is 0.0171. The van der Waals surface area contributed by atoms with Crippen LogP contribution in [0.5, 0.6) is 0 Å². The second-order valence-electron chi connectivity index (χ2n) is 5.63. The number of rotatable bonds is 4. The van der Waals surface area contributed by atoms with Gasteiger partial charge in [0.05, 0.1) is 10.6 Å².